The van der Waals surface area contributed by atoms with Gasteiger partial charge in [-0.15, -0.1) is 0 Å². The lowest BCUT2D eigenvalue weighted by molar-refractivity contribution is -0.132. The highest BCUT2D eigenvalue weighted by molar-refractivity contribution is 5.88. The van der Waals surface area contributed by atoms with Gasteiger partial charge in [0, 0.05) is 12.5 Å². The van der Waals surface area contributed by atoms with Crippen LogP contribution in [0.4, 0.5) is 0 Å². The Bertz CT molecular complexity index is 193. The number of esters is 1. The second kappa shape index (κ2) is 4.63. The van der Waals surface area contributed by atoms with Crippen LogP contribution in [-0.2, 0) is 9.53 Å². The standard InChI is InChI=1S/C8H10O2/c1-4-6-10-8(9)7(3)5-2/h3,5H2,1-2H3. The van der Waals surface area contributed by atoms with E-state index in [2.05, 4.69) is 23.3 Å². The van der Waals surface area contributed by atoms with E-state index in [-0.39, 0.29) is 0 Å². The summed E-state index contributed by atoms with van der Waals surface area (Å²) in [4.78, 5) is 10.7. The second-order valence-corrected chi connectivity index (χ2v) is 1.70. The Labute approximate surface area is 60.9 Å². The maximum Gasteiger partial charge on any atom is 0.347 e. The molecule has 0 radical (unpaired) electrons. The lowest BCUT2D eigenvalue weighted by Crippen LogP contribution is -2.01. The van der Waals surface area contributed by atoms with Crippen molar-refractivity contribution in [3.05, 3.63) is 12.2 Å². The Kier molecular flexibility index (Phi) is 4.06. The van der Waals surface area contributed by atoms with Gasteiger partial charge in [-0.3, -0.25) is 0 Å². The summed E-state index contributed by atoms with van der Waals surface area (Å²) in [7, 11) is 0. The van der Waals surface area contributed by atoms with Crippen LogP contribution < -0.4 is 0 Å². The summed E-state index contributed by atoms with van der Waals surface area (Å²) >= 11 is 0. The molecule has 0 bridgehead atoms. The van der Waals surface area contributed by atoms with Crippen LogP contribution in [0.25, 0.3) is 0 Å². The van der Waals surface area contributed by atoms with Gasteiger partial charge in [-0.05, 0) is 6.42 Å². The third-order valence-corrected chi connectivity index (χ3v) is 0.961. The van der Waals surface area contributed by atoms with Crippen molar-refractivity contribution in [3.8, 4) is 12.0 Å². The van der Waals surface area contributed by atoms with Crippen molar-refractivity contribution >= 4 is 5.97 Å². The molecule has 0 amide bonds. The zero-order chi connectivity index (χ0) is 7.98. The van der Waals surface area contributed by atoms with Gasteiger partial charge in [0.25, 0.3) is 0 Å². The number of hydrogen-bond donors (Lipinski definition) is 0. The maximum absolute atomic E-state index is 10.7. The van der Waals surface area contributed by atoms with Crippen molar-refractivity contribution in [1.29, 1.82) is 0 Å². The first kappa shape index (κ1) is 8.77. The van der Waals surface area contributed by atoms with Crippen LogP contribution in [-0.4, -0.2) is 5.97 Å². The molecule has 2 nitrogen and oxygen atoms in total. The van der Waals surface area contributed by atoms with Gasteiger partial charge in [0.1, 0.15) is 6.11 Å². The van der Waals surface area contributed by atoms with Crippen molar-refractivity contribution in [1.82, 2.24) is 0 Å². The maximum atomic E-state index is 10.7. The summed E-state index contributed by atoms with van der Waals surface area (Å²) < 4.78 is 4.44. The van der Waals surface area contributed by atoms with E-state index in [0.29, 0.717) is 12.0 Å². The number of carbonyl (C=O) groups excluding carboxylic acids is 1. The summed E-state index contributed by atoms with van der Waals surface area (Å²) in [6.07, 6.45) is 2.80. The number of rotatable bonds is 2. The number of carbonyl (C=O) groups is 1. The number of hydrogen-bond acceptors (Lipinski definition) is 2. The fraction of sp³-hybridized carbons (Fsp3) is 0.375. The van der Waals surface area contributed by atoms with Gasteiger partial charge >= 0.3 is 5.97 Å². The summed E-state index contributed by atoms with van der Waals surface area (Å²) in [6, 6.07) is 0. The normalized spacial score (nSPS) is 7.40. The van der Waals surface area contributed by atoms with Crippen LogP contribution in [0, 0.1) is 12.0 Å². The highest BCUT2D eigenvalue weighted by atomic mass is 16.5. The van der Waals surface area contributed by atoms with E-state index in [1.807, 2.05) is 6.92 Å². The van der Waals surface area contributed by atoms with Gasteiger partial charge in [-0.2, -0.15) is 0 Å². The molecule has 10 heavy (non-hydrogen) atoms. The lowest BCUT2D eigenvalue weighted by Gasteiger charge is -1.94. The first-order valence-electron chi connectivity index (χ1n) is 3.03. The topological polar surface area (TPSA) is 26.3 Å². The Hall–Kier alpha value is -1.23. The predicted octanol–water partition coefficient (Wildman–Crippen LogP) is 1.48. The minimum Gasteiger partial charge on any atom is -0.369 e. The molecule has 0 aromatic rings. The molecule has 54 valence electrons. The quantitative estimate of drug-likeness (QED) is 0.328. The van der Waals surface area contributed by atoms with Crippen molar-refractivity contribution in [2.45, 2.75) is 20.3 Å². The molecule has 0 aliphatic carbocycles. The van der Waals surface area contributed by atoms with E-state index >= 15 is 0 Å². The fourth-order valence-electron chi connectivity index (χ4n) is 0.314. The van der Waals surface area contributed by atoms with Crippen molar-refractivity contribution < 1.29 is 9.53 Å². The molecule has 0 unspecified atom stereocenters. The van der Waals surface area contributed by atoms with E-state index in [1.54, 1.807) is 6.92 Å². The Morgan fingerprint density at radius 2 is 2.30 bits per heavy atom. The molecule has 0 heterocycles. The highest BCUT2D eigenvalue weighted by Crippen LogP contribution is 1.97. The third-order valence-electron chi connectivity index (χ3n) is 0.961. The molecule has 0 rings (SSSR count). The Balaban J connectivity index is 3.81. The molecule has 0 spiro atoms. The molecule has 0 saturated carbocycles. The fourth-order valence-corrected chi connectivity index (χ4v) is 0.314. The first-order valence-corrected chi connectivity index (χ1v) is 3.03. The smallest absolute Gasteiger partial charge is 0.347 e. The molecular weight excluding hydrogens is 128 g/mol. The van der Waals surface area contributed by atoms with Gasteiger partial charge < -0.3 is 4.74 Å². The van der Waals surface area contributed by atoms with E-state index in [9.17, 15) is 4.79 Å². The van der Waals surface area contributed by atoms with Gasteiger partial charge in [-0.1, -0.05) is 19.4 Å². The van der Waals surface area contributed by atoms with Crippen LogP contribution >= 0.6 is 0 Å². The third kappa shape index (κ3) is 2.93. The molecule has 2 heteroatoms. The lowest BCUT2D eigenvalue weighted by atomic mass is 10.2. The van der Waals surface area contributed by atoms with E-state index in [4.69, 9.17) is 0 Å². The van der Waals surface area contributed by atoms with Crippen molar-refractivity contribution in [3.63, 3.8) is 0 Å². The van der Waals surface area contributed by atoms with Crippen LogP contribution in [0.15, 0.2) is 12.2 Å². The zero-order valence-corrected chi connectivity index (χ0v) is 6.23. The first-order chi connectivity index (χ1) is 4.72. The van der Waals surface area contributed by atoms with Crippen LogP contribution in [0.5, 0.6) is 0 Å². The monoisotopic (exact) mass is 138 g/mol. The second-order valence-electron chi connectivity index (χ2n) is 1.70. The molecule has 0 aromatic heterocycles. The molecular formula is C8H10O2. The number of ether oxygens (including phenoxy) is 1. The minimum atomic E-state index is -0.433. The van der Waals surface area contributed by atoms with Gasteiger partial charge in [0.05, 0.1) is 0 Å². The predicted molar refractivity (Wildman–Crippen MR) is 39.0 cm³/mol. The SMILES string of the molecule is C=C(CC)C(=O)OC#CC. The zero-order valence-electron chi connectivity index (χ0n) is 6.23. The molecule has 0 atom stereocenters. The minimum absolute atomic E-state index is 0.433. The molecule has 0 aliphatic heterocycles. The van der Waals surface area contributed by atoms with Gasteiger partial charge in [0.2, 0.25) is 0 Å². The van der Waals surface area contributed by atoms with Crippen LogP contribution in [0.3, 0.4) is 0 Å². The van der Waals surface area contributed by atoms with E-state index in [0.717, 1.165) is 0 Å². The van der Waals surface area contributed by atoms with Crippen molar-refractivity contribution in [2.24, 2.45) is 0 Å². The summed E-state index contributed by atoms with van der Waals surface area (Å²) in [6.45, 7) is 6.92. The molecule has 0 saturated heterocycles. The van der Waals surface area contributed by atoms with Gasteiger partial charge in [-0.25, -0.2) is 4.79 Å². The Morgan fingerprint density at radius 3 is 2.70 bits per heavy atom. The largest absolute Gasteiger partial charge is 0.369 e. The average Bonchev–Trinajstić information content (AvgIpc) is 1.98. The van der Waals surface area contributed by atoms with E-state index in [1.165, 1.54) is 0 Å². The average molecular weight is 138 g/mol. The molecule has 0 aromatic carbocycles. The molecule has 0 fully saturated rings. The summed E-state index contributed by atoms with van der Waals surface area (Å²) in [5.41, 5.74) is 0.447. The Morgan fingerprint density at radius 1 is 1.70 bits per heavy atom. The van der Waals surface area contributed by atoms with E-state index < -0.39 is 5.97 Å². The van der Waals surface area contributed by atoms with Crippen LogP contribution in [0.2, 0.25) is 0 Å². The van der Waals surface area contributed by atoms with Crippen molar-refractivity contribution in [2.75, 3.05) is 0 Å². The van der Waals surface area contributed by atoms with Crippen LogP contribution in [0.1, 0.15) is 20.3 Å². The molecule has 0 N–H and O–H groups in total. The summed E-state index contributed by atoms with van der Waals surface area (Å²) in [5.74, 6) is 2.01. The molecule has 0 aliphatic rings. The summed E-state index contributed by atoms with van der Waals surface area (Å²) in [5, 5.41) is 0. The highest BCUT2D eigenvalue weighted by Gasteiger charge is 2.02. The van der Waals surface area contributed by atoms with Gasteiger partial charge in [0.15, 0.2) is 0 Å².